The molecule has 2 aromatic heterocycles. The third kappa shape index (κ3) is 3.65. The van der Waals surface area contributed by atoms with E-state index < -0.39 is 0 Å². The average molecular weight is 311 g/mol. The summed E-state index contributed by atoms with van der Waals surface area (Å²) >= 11 is 0. The Morgan fingerprint density at radius 1 is 1.26 bits per heavy atom. The minimum Gasteiger partial charge on any atom is -0.394 e. The van der Waals surface area contributed by atoms with E-state index in [0.29, 0.717) is 5.78 Å². The van der Waals surface area contributed by atoms with E-state index in [4.69, 9.17) is 0 Å². The van der Waals surface area contributed by atoms with Gasteiger partial charge in [0.2, 0.25) is 0 Å². The van der Waals surface area contributed by atoms with Crippen molar-refractivity contribution in [1.29, 1.82) is 0 Å². The molecule has 0 amide bonds. The van der Waals surface area contributed by atoms with Crippen molar-refractivity contribution >= 4 is 11.6 Å². The Balaban J connectivity index is 1.84. The van der Waals surface area contributed by atoms with Gasteiger partial charge in [0.25, 0.3) is 5.78 Å². The number of aliphatic hydroxyl groups excluding tert-OH is 1. The Hall–Kier alpha value is -2.47. The molecule has 0 aliphatic carbocycles. The number of fused-ring (bicyclic) bond motifs is 1. The number of rotatable bonds is 7. The zero-order valence-corrected chi connectivity index (χ0v) is 13.2. The summed E-state index contributed by atoms with van der Waals surface area (Å²) in [5, 5.41) is 17.3. The SMILES string of the molecule is CCCc1cc(N[C@@H](CO)Cc2ccccc2)n2ncnc2n1. The lowest BCUT2D eigenvalue weighted by molar-refractivity contribution is 0.273. The van der Waals surface area contributed by atoms with Crippen molar-refractivity contribution in [1.82, 2.24) is 19.6 Å². The summed E-state index contributed by atoms with van der Waals surface area (Å²) in [4.78, 5) is 8.67. The standard InChI is InChI=1S/C17H21N5O/c1-2-6-14-10-16(22-17(21-14)18-12-19-22)20-15(11-23)9-13-7-4-3-5-8-13/h3-5,7-8,10,12,15,20,23H,2,6,9,11H2,1H3/t15-/m1/s1. The highest BCUT2D eigenvalue weighted by Gasteiger charge is 2.13. The van der Waals surface area contributed by atoms with Gasteiger partial charge in [0.1, 0.15) is 12.1 Å². The molecule has 3 rings (SSSR count). The number of aliphatic hydroxyl groups is 1. The van der Waals surface area contributed by atoms with Crippen molar-refractivity contribution < 1.29 is 5.11 Å². The molecule has 120 valence electrons. The maximum absolute atomic E-state index is 9.72. The molecule has 2 heterocycles. The molecule has 0 aliphatic heterocycles. The molecular weight excluding hydrogens is 290 g/mol. The lowest BCUT2D eigenvalue weighted by atomic mass is 10.1. The maximum Gasteiger partial charge on any atom is 0.254 e. The normalized spacial score (nSPS) is 12.4. The Bertz CT molecular complexity index is 756. The number of hydrogen-bond acceptors (Lipinski definition) is 5. The molecule has 0 saturated carbocycles. The zero-order chi connectivity index (χ0) is 16.1. The van der Waals surface area contributed by atoms with Crippen LogP contribution in [0.4, 0.5) is 5.82 Å². The van der Waals surface area contributed by atoms with Crippen molar-refractivity contribution in [3.8, 4) is 0 Å². The van der Waals surface area contributed by atoms with Crippen LogP contribution >= 0.6 is 0 Å². The summed E-state index contributed by atoms with van der Waals surface area (Å²) in [6.45, 7) is 2.16. The summed E-state index contributed by atoms with van der Waals surface area (Å²) in [5.74, 6) is 1.39. The number of nitrogens with zero attached hydrogens (tertiary/aromatic N) is 4. The Kier molecular flexibility index (Phi) is 4.83. The van der Waals surface area contributed by atoms with E-state index in [2.05, 4.69) is 39.4 Å². The monoisotopic (exact) mass is 311 g/mol. The van der Waals surface area contributed by atoms with Gasteiger partial charge in [0.05, 0.1) is 12.6 Å². The van der Waals surface area contributed by atoms with E-state index in [9.17, 15) is 5.11 Å². The predicted molar refractivity (Wildman–Crippen MR) is 89.4 cm³/mol. The van der Waals surface area contributed by atoms with Crippen molar-refractivity contribution in [2.45, 2.75) is 32.2 Å². The van der Waals surface area contributed by atoms with E-state index in [1.165, 1.54) is 11.9 Å². The van der Waals surface area contributed by atoms with Gasteiger partial charge in [-0.15, -0.1) is 0 Å². The molecular formula is C17H21N5O. The van der Waals surface area contributed by atoms with Gasteiger partial charge < -0.3 is 10.4 Å². The Morgan fingerprint density at radius 2 is 2.09 bits per heavy atom. The predicted octanol–water partition coefficient (Wildman–Crippen LogP) is 2.09. The molecule has 0 spiro atoms. The average Bonchev–Trinajstić information content (AvgIpc) is 3.04. The van der Waals surface area contributed by atoms with Crippen LogP contribution in [-0.2, 0) is 12.8 Å². The number of nitrogens with one attached hydrogen (secondary N) is 1. The third-order valence-corrected chi connectivity index (χ3v) is 3.71. The van der Waals surface area contributed by atoms with Crippen LogP contribution in [0.5, 0.6) is 0 Å². The van der Waals surface area contributed by atoms with Crippen LogP contribution in [0.15, 0.2) is 42.7 Å². The van der Waals surface area contributed by atoms with E-state index in [0.717, 1.165) is 30.8 Å². The van der Waals surface area contributed by atoms with Crippen molar-refractivity contribution in [2.24, 2.45) is 0 Å². The van der Waals surface area contributed by atoms with Gasteiger partial charge in [-0.2, -0.15) is 14.6 Å². The van der Waals surface area contributed by atoms with Gasteiger partial charge in [-0.3, -0.25) is 0 Å². The lowest BCUT2D eigenvalue weighted by Gasteiger charge is -2.18. The molecule has 1 aromatic carbocycles. The Morgan fingerprint density at radius 3 is 2.83 bits per heavy atom. The first kappa shape index (κ1) is 15.4. The number of aromatic nitrogens is 4. The quantitative estimate of drug-likeness (QED) is 0.699. The second kappa shape index (κ2) is 7.19. The smallest absolute Gasteiger partial charge is 0.254 e. The molecule has 1 atom stereocenters. The van der Waals surface area contributed by atoms with Crippen LogP contribution in [0.3, 0.4) is 0 Å². The molecule has 2 N–H and O–H groups in total. The summed E-state index contributed by atoms with van der Waals surface area (Å²) < 4.78 is 1.67. The summed E-state index contributed by atoms with van der Waals surface area (Å²) in [5.41, 5.74) is 2.16. The van der Waals surface area contributed by atoms with Crippen LogP contribution in [0.1, 0.15) is 24.6 Å². The number of hydrogen-bond donors (Lipinski definition) is 2. The van der Waals surface area contributed by atoms with Gasteiger partial charge >= 0.3 is 0 Å². The summed E-state index contributed by atoms with van der Waals surface area (Å²) in [6, 6.07) is 12.0. The fourth-order valence-electron chi connectivity index (χ4n) is 2.62. The van der Waals surface area contributed by atoms with Crippen LogP contribution in [0.2, 0.25) is 0 Å². The van der Waals surface area contributed by atoms with E-state index >= 15 is 0 Å². The first-order valence-corrected chi connectivity index (χ1v) is 7.91. The van der Waals surface area contributed by atoms with Gasteiger partial charge in [0, 0.05) is 11.8 Å². The maximum atomic E-state index is 9.72. The lowest BCUT2D eigenvalue weighted by Crippen LogP contribution is -2.27. The molecule has 0 radical (unpaired) electrons. The zero-order valence-electron chi connectivity index (χ0n) is 13.2. The van der Waals surface area contributed by atoms with Gasteiger partial charge in [-0.25, -0.2) is 4.98 Å². The minimum atomic E-state index is -0.0957. The van der Waals surface area contributed by atoms with E-state index in [1.807, 2.05) is 24.3 Å². The summed E-state index contributed by atoms with van der Waals surface area (Å²) in [6.07, 6.45) is 4.14. The molecule has 0 bridgehead atoms. The molecule has 0 unspecified atom stereocenters. The summed E-state index contributed by atoms with van der Waals surface area (Å²) in [7, 11) is 0. The highest BCUT2D eigenvalue weighted by atomic mass is 16.3. The third-order valence-electron chi connectivity index (χ3n) is 3.71. The second-order valence-electron chi connectivity index (χ2n) is 5.57. The van der Waals surface area contributed by atoms with Crippen LogP contribution < -0.4 is 5.32 Å². The highest BCUT2D eigenvalue weighted by Crippen LogP contribution is 2.15. The van der Waals surface area contributed by atoms with E-state index in [1.54, 1.807) is 4.52 Å². The highest BCUT2D eigenvalue weighted by molar-refractivity contribution is 5.46. The number of anilines is 1. The van der Waals surface area contributed by atoms with E-state index in [-0.39, 0.29) is 12.6 Å². The van der Waals surface area contributed by atoms with Crippen molar-refractivity contribution in [2.75, 3.05) is 11.9 Å². The van der Waals surface area contributed by atoms with Crippen LogP contribution in [0, 0.1) is 0 Å². The number of benzene rings is 1. The molecule has 23 heavy (non-hydrogen) atoms. The molecule has 3 aromatic rings. The van der Waals surface area contributed by atoms with Crippen LogP contribution in [0.25, 0.3) is 5.78 Å². The fraction of sp³-hybridized carbons (Fsp3) is 0.353. The number of aryl methyl sites for hydroxylation is 1. The van der Waals surface area contributed by atoms with Gasteiger partial charge in [0.15, 0.2) is 0 Å². The largest absolute Gasteiger partial charge is 0.394 e. The van der Waals surface area contributed by atoms with Crippen molar-refractivity contribution in [3.05, 3.63) is 54.0 Å². The first-order chi connectivity index (χ1) is 11.3. The molecule has 6 heteroatoms. The van der Waals surface area contributed by atoms with Crippen LogP contribution in [-0.4, -0.2) is 37.3 Å². The van der Waals surface area contributed by atoms with Gasteiger partial charge in [-0.05, 0) is 18.4 Å². The molecule has 0 fully saturated rings. The first-order valence-electron chi connectivity index (χ1n) is 7.91. The molecule has 0 saturated heterocycles. The van der Waals surface area contributed by atoms with Crippen molar-refractivity contribution in [3.63, 3.8) is 0 Å². The topological polar surface area (TPSA) is 75.3 Å². The fourth-order valence-corrected chi connectivity index (χ4v) is 2.62. The second-order valence-corrected chi connectivity index (χ2v) is 5.57. The Labute approximate surface area is 135 Å². The molecule has 0 aliphatic rings. The molecule has 6 nitrogen and oxygen atoms in total. The minimum absolute atomic E-state index is 0.0382. The van der Waals surface area contributed by atoms with Gasteiger partial charge in [-0.1, -0.05) is 43.7 Å².